The molecule has 1 aliphatic rings. The largest absolute Gasteiger partial charge is 0.417 e. The fourth-order valence-electron chi connectivity index (χ4n) is 3.86. The Labute approximate surface area is 181 Å². The summed E-state index contributed by atoms with van der Waals surface area (Å²) in [5.74, 6) is -0.346. The third-order valence-corrected chi connectivity index (χ3v) is 5.51. The van der Waals surface area contributed by atoms with Crippen molar-refractivity contribution in [3.63, 3.8) is 0 Å². The van der Waals surface area contributed by atoms with Gasteiger partial charge in [-0.1, -0.05) is 36.8 Å². The second-order valence-electron chi connectivity index (χ2n) is 8.16. The number of amides is 1. The Morgan fingerprint density at radius 2 is 1.87 bits per heavy atom. The summed E-state index contributed by atoms with van der Waals surface area (Å²) >= 11 is 0. The fourth-order valence-corrected chi connectivity index (χ4v) is 3.86. The summed E-state index contributed by atoms with van der Waals surface area (Å²) in [5, 5.41) is 3.00. The molecule has 31 heavy (non-hydrogen) atoms. The molecule has 0 aliphatic carbocycles. The van der Waals surface area contributed by atoms with Gasteiger partial charge in [-0.15, -0.1) is 0 Å². The van der Waals surface area contributed by atoms with Crippen LogP contribution < -0.4 is 5.32 Å². The molecule has 1 atom stereocenters. The zero-order valence-corrected chi connectivity index (χ0v) is 17.9. The van der Waals surface area contributed by atoms with Gasteiger partial charge in [0.2, 0.25) is 0 Å². The van der Waals surface area contributed by atoms with Crippen molar-refractivity contribution >= 4 is 5.91 Å². The molecule has 2 heterocycles. The summed E-state index contributed by atoms with van der Waals surface area (Å²) in [7, 11) is 0. The average Bonchev–Trinajstić information content (AvgIpc) is 2.73. The molecular weight excluding hydrogens is 403 g/mol. The summed E-state index contributed by atoms with van der Waals surface area (Å²) in [4.78, 5) is 19.6. The van der Waals surface area contributed by atoms with Crippen molar-refractivity contribution in [2.75, 3.05) is 19.6 Å². The number of hydrogen-bond donors (Lipinski definition) is 1. The highest BCUT2D eigenvalue weighted by Gasteiger charge is 2.34. The van der Waals surface area contributed by atoms with E-state index in [1.165, 1.54) is 30.7 Å². The lowest BCUT2D eigenvalue weighted by molar-refractivity contribution is -0.137. The van der Waals surface area contributed by atoms with Crippen LogP contribution >= 0.6 is 0 Å². The molecule has 1 amide bonds. The molecule has 166 valence electrons. The first-order chi connectivity index (χ1) is 14.6. The molecule has 1 aromatic carbocycles. The lowest BCUT2D eigenvalue weighted by Crippen LogP contribution is -2.45. The first kappa shape index (κ1) is 23.0. The predicted molar refractivity (Wildman–Crippen MR) is 116 cm³/mol. The SMILES string of the molecule is C=C(C)C(CN1CCCCC1)NC(=O)c1cc(C)nc(-c2ccccc2C(F)(F)F)c1. The Morgan fingerprint density at radius 3 is 2.52 bits per heavy atom. The monoisotopic (exact) mass is 431 g/mol. The number of carbonyl (C=O) groups excluding carboxylic acids is 1. The predicted octanol–water partition coefficient (Wildman–Crippen LogP) is 5.24. The summed E-state index contributed by atoms with van der Waals surface area (Å²) in [6, 6.07) is 8.05. The van der Waals surface area contributed by atoms with Gasteiger partial charge in [0.15, 0.2) is 0 Å². The summed E-state index contributed by atoms with van der Waals surface area (Å²) < 4.78 is 40.4. The van der Waals surface area contributed by atoms with Crippen LogP contribution in [0.2, 0.25) is 0 Å². The average molecular weight is 432 g/mol. The number of nitrogens with zero attached hydrogens (tertiary/aromatic N) is 2. The highest BCUT2D eigenvalue weighted by atomic mass is 19.4. The molecule has 1 fully saturated rings. The number of halogens is 3. The number of piperidine rings is 1. The topological polar surface area (TPSA) is 45.2 Å². The number of alkyl halides is 3. The van der Waals surface area contributed by atoms with Gasteiger partial charge >= 0.3 is 6.18 Å². The van der Waals surface area contributed by atoms with E-state index < -0.39 is 11.7 Å². The third-order valence-electron chi connectivity index (χ3n) is 5.51. The Morgan fingerprint density at radius 1 is 1.19 bits per heavy atom. The van der Waals surface area contributed by atoms with Crippen molar-refractivity contribution < 1.29 is 18.0 Å². The van der Waals surface area contributed by atoms with Gasteiger partial charge in [0.05, 0.1) is 17.3 Å². The number of pyridine rings is 1. The van der Waals surface area contributed by atoms with Gasteiger partial charge in [0.25, 0.3) is 5.91 Å². The van der Waals surface area contributed by atoms with Gasteiger partial charge < -0.3 is 10.2 Å². The molecule has 1 N–H and O–H groups in total. The fraction of sp³-hybridized carbons (Fsp3) is 0.417. The molecule has 1 aromatic heterocycles. The number of nitrogens with one attached hydrogen (secondary N) is 1. The maximum Gasteiger partial charge on any atom is 0.417 e. The Balaban J connectivity index is 1.85. The van der Waals surface area contributed by atoms with Crippen LogP contribution in [0.25, 0.3) is 11.3 Å². The van der Waals surface area contributed by atoms with Gasteiger partial charge in [0.1, 0.15) is 0 Å². The number of hydrogen-bond acceptors (Lipinski definition) is 3. The van der Waals surface area contributed by atoms with Gasteiger partial charge in [-0.25, -0.2) is 0 Å². The van der Waals surface area contributed by atoms with E-state index in [2.05, 4.69) is 21.8 Å². The van der Waals surface area contributed by atoms with Crippen LogP contribution in [0.1, 0.15) is 47.8 Å². The molecule has 0 spiro atoms. The number of carbonyl (C=O) groups is 1. The van der Waals surface area contributed by atoms with Crippen LogP contribution in [0.3, 0.4) is 0 Å². The summed E-state index contributed by atoms with van der Waals surface area (Å²) in [6.07, 6.45) is -1.01. The van der Waals surface area contributed by atoms with E-state index in [4.69, 9.17) is 0 Å². The van der Waals surface area contributed by atoms with Crippen molar-refractivity contribution in [2.45, 2.75) is 45.3 Å². The highest BCUT2D eigenvalue weighted by molar-refractivity contribution is 5.95. The van der Waals surface area contributed by atoms with Crippen molar-refractivity contribution in [1.29, 1.82) is 0 Å². The smallest absolute Gasteiger partial charge is 0.344 e. The van der Waals surface area contributed by atoms with Crippen molar-refractivity contribution in [3.8, 4) is 11.3 Å². The van der Waals surface area contributed by atoms with E-state index in [1.54, 1.807) is 13.0 Å². The quantitative estimate of drug-likeness (QED) is 0.637. The minimum atomic E-state index is -4.51. The maximum absolute atomic E-state index is 13.5. The Bertz CT molecular complexity index is 949. The molecular formula is C24H28F3N3O. The molecule has 0 radical (unpaired) electrons. The Hall–Kier alpha value is -2.67. The second-order valence-corrected chi connectivity index (χ2v) is 8.16. The van der Waals surface area contributed by atoms with E-state index in [1.807, 2.05) is 6.92 Å². The van der Waals surface area contributed by atoms with E-state index in [0.717, 1.165) is 37.6 Å². The first-order valence-electron chi connectivity index (χ1n) is 10.5. The standard InChI is InChI=1S/C24H28F3N3O/c1-16(2)22(15-30-11-7-4-8-12-30)29-23(31)18-13-17(3)28-21(14-18)19-9-5-6-10-20(19)24(25,26)27/h5-6,9-10,13-14,22H,1,4,7-8,11-12,15H2,2-3H3,(H,29,31). The normalized spacial score (nSPS) is 16.0. The van der Waals surface area contributed by atoms with Gasteiger partial charge in [-0.2, -0.15) is 13.2 Å². The zero-order chi connectivity index (χ0) is 22.6. The van der Waals surface area contributed by atoms with Crippen LogP contribution in [0.4, 0.5) is 13.2 Å². The number of benzene rings is 1. The van der Waals surface area contributed by atoms with E-state index in [9.17, 15) is 18.0 Å². The summed E-state index contributed by atoms with van der Waals surface area (Å²) in [6.45, 7) is 10.2. The third kappa shape index (κ3) is 5.94. The van der Waals surface area contributed by atoms with Crippen LogP contribution in [0.15, 0.2) is 48.6 Å². The second kappa shape index (κ2) is 9.64. The van der Waals surface area contributed by atoms with Crippen LogP contribution in [-0.2, 0) is 6.18 Å². The molecule has 1 saturated heterocycles. The zero-order valence-electron chi connectivity index (χ0n) is 17.9. The Kier molecular flexibility index (Phi) is 7.15. The maximum atomic E-state index is 13.5. The van der Waals surface area contributed by atoms with Crippen molar-refractivity contribution in [3.05, 3.63) is 65.4 Å². The number of aromatic nitrogens is 1. The number of aryl methyl sites for hydroxylation is 1. The number of likely N-dealkylation sites (tertiary alicyclic amines) is 1. The molecule has 0 saturated carbocycles. The van der Waals surface area contributed by atoms with E-state index in [-0.39, 0.29) is 28.8 Å². The highest BCUT2D eigenvalue weighted by Crippen LogP contribution is 2.36. The first-order valence-corrected chi connectivity index (χ1v) is 10.5. The van der Waals surface area contributed by atoms with E-state index >= 15 is 0 Å². The van der Waals surface area contributed by atoms with Crippen molar-refractivity contribution in [1.82, 2.24) is 15.2 Å². The van der Waals surface area contributed by atoms with E-state index in [0.29, 0.717) is 12.2 Å². The van der Waals surface area contributed by atoms with Gasteiger partial charge in [-0.05, 0) is 58.0 Å². The minimum Gasteiger partial charge on any atom is -0.344 e. The molecule has 3 rings (SSSR count). The number of rotatable bonds is 6. The van der Waals surface area contributed by atoms with Gasteiger partial charge in [0, 0.05) is 23.4 Å². The minimum absolute atomic E-state index is 0.0440. The molecule has 1 unspecified atom stereocenters. The summed E-state index contributed by atoms with van der Waals surface area (Å²) in [5.41, 5.74) is 0.905. The molecule has 2 aromatic rings. The van der Waals surface area contributed by atoms with Crippen molar-refractivity contribution in [2.24, 2.45) is 0 Å². The van der Waals surface area contributed by atoms with Crippen LogP contribution in [0, 0.1) is 6.92 Å². The molecule has 1 aliphatic heterocycles. The van der Waals surface area contributed by atoms with Gasteiger partial charge in [-0.3, -0.25) is 9.78 Å². The van der Waals surface area contributed by atoms with Crippen LogP contribution in [0.5, 0.6) is 0 Å². The lowest BCUT2D eigenvalue weighted by atomic mass is 10.0. The lowest BCUT2D eigenvalue weighted by Gasteiger charge is -2.31. The molecule has 4 nitrogen and oxygen atoms in total. The van der Waals surface area contributed by atoms with Crippen LogP contribution in [-0.4, -0.2) is 41.5 Å². The molecule has 7 heteroatoms. The molecule has 0 bridgehead atoms.